The Balaban J connectivity index is 1.49. The van der Waals surface area contributed by atoms with Crippen LogP contribution in [0.1, 0.15) is 65.4 Å². The molecule has 0 spiro atoms. The maximum absolute atomic E-state index is 13.0. The molecule has 5 heteroatoms. The summed E-state index contributed by atoms with van der Waals surface area (Å²) < 4.78 is 5.87. The molecule has 0 radical (unpaired) electrons. The van der Waals surface area contributed by atoms with E-state index in [4.69, 9.17) is 4.74 Å². The summed E-state index contributed by atoms with van der Waals surface area (Å²) in [6.45, 7) is 16.0. The number of likely N-dealkylation sites (tertiary alicyclic amines) is 1. The highest BCUT2D eigenvalue weighted by Crippen LogP contribution is 2.27. The third kappa shape index (κ3) is 6.05. The van der Waals surface area contributed by atoms with Gasteiger partial charge in [0, 0.05) is 25.3 Å². The molecule has 2 heterocycles. The van der Waals surface area contributed by atoms with Gasteiger partial charge in [-0.05, 0) is 76.6 Å². The SMILES string of the molecule is CCC(C)c1ccccc1NC(=O)C(C)N1CCC(CN2CC(C)OC(C)C2)CC1. The number of hydrogen-bond acceptors (Lipinski definition) is 4. The summed E-state index contributed by atoms with van der Waals surface area (Å²) in [4.78, 5) is 17.9. The highest BCUT2D eigenvalue weighted by molar-refractivity contribution is 5.95. The van der Waals surface area contributed by atoms with E-state index >= 15 is 0 Å². The lowest BCUT2D eigenvalue weighted by molar-refractivity contribution is -0.121. The van der Waals surface area contributed by atoms with Crippen LogP contribution in [-0.2, 0) is 9.53 Å². The van der Waals surface area contributed by atoms with Crippen molar-refractivity contribution in [3.8, 4) is 0 Å². The number of amides is 1. The fraction of sp³-hybridized carbons (Fsp3) is 0.720. The molecule has 2 fully saturated rings. The molecule has 1 aromatic carbocycles. The first kappa shape index (κ1) is 23.2. The minimum Gasteiger partial charge on any atom is -0.373 e. The molecule has 3 rings (SSSR count). The van der Waals surface area contributed by atoms with Gasteiger partial charge >= 0.3 is 0 Å². The summed E-state index contributed by atoms with van der Waals surface area (Å²) in [6, 6.07) is 8.13. The first-order chi connectivity index (χ1) is 14.4. The Kier molecular flexibility index (Phi) is 8.32. The zero-order chi connectivity index (χ0) is 21.7. The lowest BCUT2D eigenvalue weighted by atomic mass is 9.94. The Hall–Kier alpha value is -1.43. The smallest absolute Gasteiger partial charge is 0.241 e. The first-order valence-electron chi connectivity index (χ1n) is 11.9. The van der Waals surface area contributed by atoms with Crippen LogP contribution in [-0.4, -0.2) is 66.7 Å². The number of para-hydroxylation sites is 1. The van der Waals surface area contributed by atoms with E-state index in [1.807, 2.05) is 19.1 Å². The van der Waals surface area contributed by atoms with Crippen molar-refractivity contribution in [1.82, 2.24) is 9.80 Å². The predicted molar refractivity (Wildman–Crippen MR) is 124 cm³/mol. The standard InChI is InChI=1S/C25H41N3O2/c1-6-18(2)23-9-7-8-10-24(23)26-25(29)21(5)28-13-11-22(12-14-28)17-27-15-19(3)30-20(4)16-27/h7-10,18-22H,6,11-17H2,1-5H3,(H,26,29). The number of nitrogens with one attached hydrogen (secondary N) is 1. The van der Waals surface area contributed by atoms with Gasteiger partial charge in [0.2, 0.25) is 5.91 Å². The molecule has 2 aliphatic heterocycles. The van der Waals surface area contributed by atoms with Gasteiger partial charge in [-0.2, -0.15) is 0 Å². The van der Waals surface area contributed by atoms with Crippen molar-refractivity contribution in [2.75, 3.05) is 38.0 Å². The van der Waals surface area contributed by atoms with E-state index < -0.39 is 0 Å². The van der Waals surface area contributed by atoms with Gasteiger partial charge < -0.3 is 10.1 Å². The number of carbonyl (C=O) groups excluding carboxylic acids is 1. The van der Waals surface area contributed by atoms with E-state index in [0.29, 0.717) is 18.1 Å². The summed E-state index contributed by atoms with van der Waals surface area (Å²) in [6.07, 6.45) is 4.06. The molecule has 1 amide bonds. The highest BCUT2D eigenvalue weighted by atomic mass is 16.5. The molecule has 168 valence electrons. The monoisotopic (exact) mass is 415 g/mol. The normalized spacial score (nSPS) is 26.3. The molecule has 2 aliphatic rings. The van der Waals surface area contributed by atoms with Gasteiger partial charge in [-0.15, -0.1) is 0 Å². The molecule has 4 unspecified atom stereocenters. The summed E-state index contributed by atoms with van der Waals surface area (Å²) in [5.74, 6) is 1.28. The second kappa shape index (κ2) is 10.7. The molecule has 1 aromatic rings. The third-order valence-electron chi connectivity index (χ3n) is 6.95. The van der Waals surface area contributed by atoms with Crippen LogP contribution in [0.3, 0.4) is 0 Å². The number of rotatable bonds is 7. The summed E-state index contributed by atoms with van der Waals surface area (Å²) in [5.41, 5.74) is 2.20. The summed E-state index contributed by atoms with van der Waals surface area (Å²) in [7, 11) is 0. The van der Waals surface area contributed by atoms with Crippen LogP contribution in [0.25, 0.3) is 0 Å². The molecule has 0 bridgehead atoms. The average Bonchev–Trinajstić information content (AvgIpc) is 2.73. The van der Waals surface area contributed by atoms with E-state index in [1.54, 1.807) is 0 Å². The number of ether oxygens (including phenoxy) is 1. The number of piperidine rings is 1. The van der Waals surface area contributed by atoms with Gasteiger partial charge in [0.05, 0.1) is 18.2 Å². The maximum atomic E-state index is 13.0. The quantitative estimate of drug-likeness (QED) is 0.719. The van der Waals surface area contributed by atoms with E-state index in [2.05, 4.69) is 54.9 Å². The largest absolute Gasteiger partial charge is 0.373 e. The molecule has 0 aromatic heterocycles. The van der Waals surface area contributed by atoms with E-state index in [1.165, 1.54) is 18.4 Å². The van der Waals surface area contributed by atoms with Crippen molar-refractivity contribution in [3.63, 3.8) is 0 Å². The molecule has 0 saturated carbocycles. The minimum atomic E-state index is -0.0978. The van der Waals surface area contributed by atoms with Crippen LogP contribution in [0, 0.1) is 5.92 Å². The lowest BCUT2D eigenvalue weighted by Gasteiger charge is -2.40. The molecular formula is C25H41N3O2. The number of anilines is 1. The Morgan fingerprint density at radius 2 is 1.77 bits per heavy atom. The van der Waals surface area contributed by atoms with E-state index in [9.17, 15) is 4.79 Å². The summed E-state index contributed by atoms with van der Waals surface area (Å²) >= 11 is 0. The second-order valence-electron chi connectivity index (χ2n) is 9.52. The van der Waals surface area contributed by atoms with Gasteiger partial charge in [0.15, 0.2) is 0 Å². The summed E-state index contributed by atoms with van der Waals surface area (Å²) in [5, 5.41) is 3.21. The fourth-order valence-corrected chi connectivity index (χ4v) is 4.98. The molecule has 5 nitrogen and oxygen atoms in total. The van der Waals surface area contributed by atoms with Gasteiger partial charge in [0.25, 0.3) is 0 Å². The van der Waals surface area contributed by atoms with Gasteiger partial charge in [-0.3, -0.25) is 14.6 Å². The average molecular weight is 416 g/mol. The van der Waals surface area contributed by atoms with Gasteiger partial charge in [-0.25, -0.2) is 0 Å². The third-order valence-corrected chi connectivity index (χ3v) is 6.95. The van der Waals surface area contributed by atoms with Crippen LogP contribution in [0.4, 0.5) is 5.69 Å². The molecule has 2 saturated heterocycles. The van der Waals surface area contributed by atoms with Crippen LogP contribution >= 0.6 is 0 Å². The Bertz CT molecular complexity index is 677. The zero-order valence-corrected chi connectivity index (χ0v) is 19.6. The van der Waals surface area contributed by atoms with Crippen molar-refractivity contribution in [2.45, 2.75) is 78.0 Å². The molecule has 4 atom stereocenters. The molecule has 30 heavy (non-hydrogen) atoms. The molecular weight excluding hydrogens is 374 g/mol. The van der Waals surface area contributed by atoms with E-state index in [-0.39, 0.29) is 11.9 Å². The van der Waals surface area contributed by atoms with Crippen LogP contribution < -0.4 is 5.32 Å². The highest BCUT2D eigenvalue weighted by Gasteiger charge is 2.30. The minimum absolute atomic E-state index is 0.0978. The fourth-order valence-electron chi connectivity index (χ4n) is 4.98. The molecule has 0 aliphatic carbocycles. The second-order valence-corrected chi connectivity index (χ2v) is 9.52. The Morgan fingerprint density at radius 3 is 2.40 bits per heavy atom. The molecule has 1 N–H and O–H groups in total. The first-order valence-corrected chi connectivity index (χ1v) is 11.9. The number of hydrogen-bond donors (Lipinski definition) is 1. The number of carbonyl (C=O) groups is 1. The maximum Gasteiger partial charge on any atom is 0.241 e. The van der Waals surface area contributed by atoms with Crippen molar-refractivity contribution in [1.29, 1.82) is 0 Å². The lowest BCUT2D eigenvalue weighted by Crippen LogP contribution is -2.50. The Morgan fingerprint density at radius 1 is 1.13 bits per heavy atom. The van der Waals surface area contributed by atoms with E-state index in [0.717, 1.165) is 50.7 Å². The zero-order valence-electron chi connectivity index (χ0n) is 19.6. The van der Waals surface area contributed by atoms with Crippen molar-refractivity contribution in [3.05, 3.63) is 29.8 Å². The van der Waals surface area contributed by atoms with Gasteiger partial charge in [-0.1, -0.05) is 32.0 Å². The topological polar surface area (TPSA) is 44.8 Å². The number of nitrogens with zero attached hydrogens (tertiary/aromatic N) is 2. The number of benzene rings is 1. The van der Waals surface area contributed by atoms with Crippen molar-refractivity contribution >= 4 is 11.6 Å². The Labute approximate surface area is 183 Å². The van der Waals surface area contributed by atoms with Gasteiger partial charge in [0.1, 0.15) is 0 Å². The van der Waals surface area contributed by atoms with Crippen molar-refractivity contribution in [2.24, 2.45) is 5.92 Å². The predicted octanol–water partition coefficient (Wildman–Crippen LogP) is 4.35. The van der Waals surface area contributed by atoms with Crippen LogP contribution in [0.5, 0.6) is 0 Å². The van der Waals surface area contributed by atoms with Crippen LogP contribution in [0.15, 0.2) is 24.3 Å². The van der Waals surface area contributed by atoms with Crippen molar-refractivity contribution < 1.29 is 9.53 Å². The number of morpholine rings is 1. The van der Waals surface area contributed by atoms with Crippen LogP contribution in [0.2, 0.25) is 0 Å².